The molecule has 180 valence electrons. The lowest BCUT2D eigenvalue weighted by Crippen LogP contribution is -2.55. The van der Waals surface area contributed by atoms with Crippen molar-refractivity contribution < 1.29 is 33.0 Å². The van der Waals surface area contributed by atoms with Crippen molar-refractivity contribution in [2.45, 2.75) is 32.4 Å². The fourth-order valence-corrected chi connectivity index (χ4v) is 4.90. The molecule has 2 aliphatic rings. The largest absolute Gasteiger partial charge is 0.493 e. The average molecular weight is 470 g/mol. The van der Waals surface area contributed by atoms with Crippen LogP contribution in [0.5, 0.6) is 5.75 Å². The summed E-state index contributed by atoms with van der Waals surface area (Å²) in [7, 11) is 1.25. The molecule has 2 N–H and O–H groups in total. The van der Waals surface area contributed by atoms with Gasteiger partial charge in [-0.15, -0.1) is 0 Å². The number of halogens is 1. The highest BCUT2D eigenvalue weighted by atomic mass is 19.1. The van der Waals surface area contributed by atoms with E-state index in [2.05, 4.69) is 10.6 Å². The highest BCUT2D eigenvalue weighted by molar-refractivity contribution is 6.06. The lowest BCUT2D eigenvalue weighted by molar-refractivity contribution is -0.154. The Hall–Kier alpha value is -3.46. The fraction of sp³-hybridized carbons (Fsp3) is 0.400. The normalized spacial score (nSPS) is 24.9. The quantitative estimate of drug-likeness (QED) is 0.647. The third-order valence-corrected chi connectivity index (χ3v) is 6.53. The topological polar surface area (TPSA) is 103 Å². The van der Waals surface area contributed by atoms with Crippen LogP contribution in [0.2, 0.25) is 0 Å². The summed E-state index contributed by atoms with van der Waals surface area (Å²) in [4.78, 5) is 39.0. The predicted octanol–water partition coefficient (Wildman–Crippen LogP) is 3.15. The van der Waals surface area contributed by atoms with Gasteiger partial charge in [0.2, 0.25) is 5.91 Å². The second-order valence-electron chi connectivity index (χ2n) is 8.68. The van der Waals surface area contributed by atoms with Crippen LogP contribution in [0.3, 0.4) is 0 Å². The third-order valence-electron chi connectivity index (χ3n) is 6.53. The summed E-state index contributed by atoms with van der Waals surface area (Å²) in [5, 5.41) is 5.98. The van der Waals surface area contributed by atoms with E-state index in [4.69, 9.17) is 14.2 Å². The van der Waals surface area contributed by atoms with Gasteiger partial charge in [0.15, 0.2) is 0 Å². The first-order valence-electron chi connectivity index (χ1n) is 11.1. The van der Waals surface area contributed by atoms with Gasteiger partial charge in [0.05, 0.1) is 37.5 Å². The van der Waals surface area contributed by atoms with Crippen LogP contribution in [-0.2, 0) is 19.1 Å². The Morgan fingerprint density at radius 1 is 1.26 bits per heavy atom. The van der Waals surface area contributed by atoms with E-state index in [9.17, 15) is 18.8 Å². The van der Waals surface area contributed by atoms with Crippen molar-refractivity contribution in [2.75, 3.05) is 25.6 Å². The lowest BCUT2D eigenvalue weighted by Gasteiger charge is -2.31. The van der Waals surface area contributed by atoms with Crippen LogP contribution in [-0.4, -0.2) is 43.7 Å². The minimum absolute atomic E-state index is 0.109. The monoisotopic (exact) mass is 470 g/mol. The van der Waals surface area contributed by atoms with E-state index >= 15 is 0 Å². The molecule has 9 heteroatoms. The Morgan fingerprint density at radius 2 is 2.03 bits per heavy atom. The zero-order chi connectivity index (χ0) is 24.6. The van der Waals surface area contributed by atoms with Gasteiger partial charge in [0.25, 0.3) is 0 Å². The number of amides is 1. The second-order valence-corrected chi connectivity index (χ2v) is 8.68. The Balaban J connectivity index is 1.74. The van der Waals surface area contributed by atoms with Crippen molar-refractivity contribution >= 4 is 23.5 Å². The molecule has 4 rings (SSSR count). The summed E-state index contributed by atoms with van der Waals surface area (Å²) in [6.45, 7) is 5.31. The van der Waals surface area contributed by atoms with Crippen molar-refractivity contribution in [3.05, 3.63) is 58.9 Å². The molecular formula is C25H27FN2O6. The molecule has 0 spiro atoms. The van der Waals surface area contributed by atoms with Crippen LogP contribution < -0.4 is 15.4 Å². The zero-order valence-electron chi connectivity index (χ0n) is 19.4. The van der Waals surface area contributed by atoms with Crippen molar-refractivity contribution in [1.82, 2.24) is 5.32 Å². The molecule has 1 unspecified atom stereocenters. The minimum atomic E-state index is -1.48. The summed E-state index contributed by atoms with van der Waals surface area (Å²) in [6, 6.07) is 8.80. The van der Waals surface area contributed by atoms with Crippen LogP contribution in [0, 0.1) is 24.6 Å². The summed E-state index contributed by atoms with van der Waals surface area (Å²) >= 11 is 0. The van der Waals surface area contributed by atoms with Gasteiger partial charge < -0.3 is 19.5 Å². The second kappa shape index (κ2) is 9.06. The Morgan fingerprint density at radius 3 is 2.74 bits per heavy atom. The van der Waals surface area contributed by atoms with Crippen LogP contribution in [0.15, 0.2) is 36.4 Å². The van der Waals surface area contributed by atoms with Gasteiger partial charge in [-0.2, -0.15) is 0 Å². The Bertz CT molecular complexity index is 1150. The van der Waals surface area contributed by atoms with E-state index in [1.54, 1.807) is 44.2 Å². The molecule has 2 heterocycles. The van der Waals surface area contributed by atoms with Crippen LogP contribution >= 0.6 is 0 Å². The molecule has 2 aromatic rings. The lowest BCUT2D eigenvalue weighted by atomic mass is 9.77. The smallest absolute Gasteiger partial charge is 0.339 e. The molecule has 1 fully saturated rings. The molecule has 2 aromatic carbocycles. The van der Waals surface area contributed by atoms with E-state index < -0.39 is 47.1 Å². The Kier molecular flexibility index (Phi) is 6.31. The first-order valence-corrected chi connectivity index (χ1v) is 11.1. The van der Waals surface area contributed by atoms with Crippen molar-refractivity contribution in [1.29, 1.82) is 0 Å². The number of methoxy groups -OCH3 is 1. The van der Waals surface area contributed by atoms with Crippen molar-refractivity contribution in [3.63, 3.8) is 0 Å². The molecule has 8 nitrogen and oxygen atoms in total. The number of fused-ring (bicyclic) bond motifs is 3. The number of aryl methyl sites for hydroxylation is 1. The number of esters is 2. The highest BCUT2D eigenvalue weighted by Crippen LogP contribution is 2.49. The maximum Gasteiger partial charge on any atom is 0.339 e. The molecular weight excluding hydrogens is 443 g/mol. The number of hydrogen-bond donors (Lipinski definition) is 2. The van der Waals surface area contributed by atoms with Gasteiger partial charge in [-0.05, 0) is 50.6 Å². The number of ether oxygens (including phenoxy) is 3. The molecule has 0 bridgehead atoms. The van der Waals surface area contributed by atoms with E-state index in [1.165, 1.54) is 13.2 Å². The van der Waals surface area contributed by atoms with Gasteiger partial charge in [0, 0.05) is 17.5 Å². The number of hydrogen-bond acceptors (Lipinski definition) is 7. The maximum absolute atomic E-state index is 14.8. The van der Waals surface area contributed by atoms with Gasteiger partial charge in [-0.25, -0.2) is 9.18 Å². The number of carbonyl (C=O) groups excluding carboxylic acids is 3. The summed E-state index contributed by atoms with van der Waals surface area (Å²) in [6.07, 6.45) is 0. The molecule has 2 aliphatic heterocycles. The third kappa shape index (κ3) is 3.90. The molecule has 4 atom stereocenters. The van der Waals surface area contributed by atoms with Crippen molar-refractivity contribution in [2.24, 2.45) is 11.8 Å². The first-order chi connectivity index (χ1) is 16.2. The summed E-state index contributed by atoms with van der Waals surface area (Å²) in [5.41, 5.74) is 0.0299. The summed E-state index contributed by atoms with van der Waals surface area (Å²) < 4.78 is 30.7. The van der Waals surface area contributed by atoms with Crippen LogP contribution in [0.4, 0.5) is 10.1 Å². The number of carbonyl (C=O) groups is 3. The molecule has 34 heavy (non-hydrogen) atoms. The van der Waals surface area contributed by atoms with Gasteiger partial charge in [0.1, 0.15) is 17.1 Å². The van der Waals surface area contributed by atoms with E-state index in [-0.39, 0.29) is 30.0 Å². The molecule has 0 radical (unpaired) electrons. The Labute approximate surface area is 196 Å². The van der Waals surface area contributed by atoms with Crippen molar-refractivity contribution in [3.8, 4) is 5.75 Å². The first kappa shape index (κ1) is 23.7. The van der Waals surface area contributed by atoms with Crippen LogP contribution in [0.25, 0.3) is 0 Å². The van der Waals surface area contributed by atoms with E-state index in [1.807, 2.05) is 6.92 Å². The molecule has 0 aliphatic carbocycles. The van der Waals surface area contributed by atoms with Gasteiger partial charge in [-0.3, -0.25) is 14.9 Å². The number of rotatable bonds is 5. The molecule has 1 saturated heterocycles. The maximum atomic E-state index is 14.8. The fourth-order valence-electron chi connectivity index (χ4n) is 4.90. The van der Waals surface area contributed by atoms with E-state index in [0.29, 0.717) is 5.75 Å². The van der Waals surface area contributed by atoms with E-state index in [0.717, 1.165) is 5.56 Å². The number of benzene rings is 2. The van der Waals surface area contributed by atoms with Crippen LogP contribution in [0.1, 0.15) is 41.4 Å². The average Bonchev–Trinajstić information content (AvgIpc) is 3.12. The molecule has 1 amide bonds. The number of anilines is 1. The zero-order valence-corrected chi connectivity index (χ0v) is 19.4. The minimum Gasteiger partial charge on any atom is -0.493 e. The van der Waals surface area contributed by atoms with Gasteiger partial charge in [-0.1, -0.05) is 12.1 Å². The standard InChI is InChI=1S/C25H27FN2O6/c1-5-33-23(30)20-15-12-34-18-8-6-7-16(26)19(18)21(15)28-25(20,3)24(31)27-17-11-13(2)9-10-14(17)22(29)32-4/h6-11,15,20-21,28H,5,12H2,1-4H3,(H,27,31)/t15-,20+,21?,25+/m1/s1. The molecule has 0 aromatic heterocycles. The predicted molar refractivity (Wildman–Crippen MR) is 121 cm³/mol. The highest BCUT2D eigenvalue weighted by Gasteiger charge is 2.61. The number of nitrogens with one attached hydrogen (secondary N) is 2. The SMILES string of the molecule is CCOC(=O)[C@@H]1[C@H]2COc3cccc(F)c3C2N[C@]1(C)C(=O)Nc1cc(C)ccc1C(=O)OC. The summed E-state index contributed by atoms with van der Waals surface area (Å²) in [5.74, 6) is -3.38. The van der Waals surface area contributed by atoms with Gasteiger partial charge >= 0.3 is 11.9 Å². The molecule has 0 saturated carbocycles.